The minimum Gasteiger partial charge on any atom is -0.265 e. The van der Waals surface area contributed by atoms with Gasteiger partial charge < -0.3 is 0 Å². The van der Waals surface area contributed by atoms with Crippen LogP contribution < -0.4 is 0 Å². The lowest BCUT2D eigenvalue weighted by molar-refractivity contribution is 0.159. The molecule has 1 heterocycles. The van der Waals surface area contributed by atoms with Gasteiger partial charge in [-0.25, -0.2) is 13.5 Å². The zero-order valence-corrected chi connectivity index (χ0v) is 8.70. The summed E-state index contributed by atoms with van der Waals surface area (Å²) in [5.74, 6) is -0.450. The van der Waals surface area contributed by atoms with Crippen LogP contribution in [0.2, 0.25) is 0 Å². The summed E-state index contributed by atoms with van der Waals surface area (Å²) in [5, 5.41) is 10.5. The Morgan fingerprint density at radius 2 is 1.93 bits per heavy atom. The molecule has 0 N–H and O–H groups in total. The Morgan fingerprint density at radius 1 is 1.36 bits per heavy atom. The summed E-state index contributed by atoms with van der Waals surface area (Å²) < 4.78 is 23.3. The van der Waals surface area contributed by atoms with Crippen molar-refractivity contribution in [2.24, 2.45) is 5.92 Å². The molecule has 0 bridgehead atoms. The quantitative estimate of drug-likeness (QED) is 0.748. The molecule has 0 aliphatic heterocycles. The smallest absolute Gasteiger partial charge is 0.178 e. The molecule has 4 nitrogen and oxygen atoms in total. The summed E-state index contributed by atoms with van der Waals surface area (Å²) in [4.78, 5) is 3.96. The van der Waals surface area contributed by atoms with E-state index in [4.69, 9.17) is 0 Å². The Labute approximate surface area is 83.5 Å². The maximum Gasteiger partial charge on any atom is 0.178 e. The Balaban J connectivity index is 2.87. The van der Waals surface area contributed by atoms with E-state index in [-0.39, 0.29) is 23.2 Å². The second-order valence-corrected chi connectivity index (χ2v) is 5.27. The van der Waals surface area contributed by atoms with E-state index in [2.05, 4.69) is 4.98 Å². The molecule has 0 aliphatic rings. The average Bonchev–Trinajstić information content (AvgIpc) is 2.18. The Morgan fingerprint density at radius 3 is 2.43 bits per heavy atom. The standard InChI is InChI=1S/C9H12NO3S/c1-8(6-11)7-14(12,13)9-2-4-10-5-3-9/h2-5,8H,6-7H2,1H3. The third-order valence-electron chi connectivity index (χ3n) is 1.80. The second kappa shape index (κ2) is 4.52. The first kappa shape index (κ1) is 11.1. The lowest BCUT2D eigenvalue weighted by Gasteiger charge is -2.07. The van der Waals surface area contributed by atoms with Gasteiger partial charge in [-0.05, 0) is 18.1 Å². The van der Waals surface area contributed by atoms with Crippen LogP contribution in [-0.2, 0) is 14.9 Å². The number of rotatable bonds is 4. The molecule has 0 saturated carbocycles. The number of nitrogens with zero attached hydrogens (tertiary/aromatic N) is 1. The normalized spacial score (nSPS) is 13.9. The number of sulfone groups is 1. The van der Waals surface area contributed by atoms with E-state index in [9.17, 15) is 13.5 Å². The predicted octanol–water partition coefficient (Wildman–Crippen LogP) is 0.922. The van der Waals surface area contributed by atoms with Crippen LogP contribution >= 0.6 is 0 Å². The van der Waals surface area contributed by atoms with E-state index < -0.39 is 9.84 Å². The van der Waals surface area contributed by atoms with Crippen molar-refractivity contribution in [2.75, 3.05) is 12.4 Å². The highest BCUT2D eigenvalue weighted by molar-refractivity contribution is 7.91. The third-order valence-corrected chi connectivity index (χ3v) is 3.80. The van der Waals surface area contributed by atoms with Gasteiger partial charge in [0.25, 0.3) is 0 Å². The molecule has 1 rings (SSSR count). The molecule has 0 spiro atoms. The topological polar surface area (TPSA) is 66.9 Å². The molecule has 1 aromatic heterocycles. The van der Waals surface area contributed by atoms with Crippen molar-refractivity contribution >= 4 is 9.84 Å². The van der Waals surface area contributed by atoms with E-state index in [0.29, 0.717) is 0 Å². The molecule has 0 aliphatic carbocycles. The highest BCUT2D eigenvalue weighted by Crippen LogP contribution is 2.12. The van der Waals surface area contributed by atoms with Crippen molar-refractivity contribution in [1.82, 2.24) is 4.98 Å². The fraction of sp³-hybridized carbons (Fsp3) is 0.444. The molecule has 1 aromatic rings. The first-order chi connectivity index (χ1) is 6.56. The fourth-order valence-electron chi connectivity index (χ4n) is 1.06. The van der Waals surface area contributed by atoms with Crippen LogP contribution in [0.25, 0.3) is 0 Å². The monoisotopic (exact) mass is 214 g/mol. The molecule has 1 unspecified atom stereocenters. The van der Waals surface area contributed by atoms with E-state index in [1.54, 1.807) is 6.92 Å². The Hall–Kier alpha value is -0.940. The van der Waals surface area contributed by atoms with Crippen LogP contribution in [0.3, 0.4) is 0 Å². The highest BCUT2D eigenvalue weighted by atomic mass is 32.2. The first-order valence-electron chi connectivity index (χ1n) is 4.27. The van der Waals surface area contributed by atoms with Gasteiger partial charge in [0, 0.05) is 12.4 Å². The van der Waals surface area contributed by atoms with Gasteiger partial charge in [-0.3, -0.25) is 4.98 Å². The van der Waals surface area contributed by atoms with Gasteiger partial charge in [-0.1, -0.05) is 6.92 Å². The molecule has 0 amide bonds. The summed E-state index contributed by atoms with van der Waals surface area (Å²) in [5.41, 5.74) is 0. The van der Waals surface area contributed by atoms with Gasteiger partial charge in [0.15, 0.2) is 9.84 Å². The molecule has 77 valence electrons. The number of hydrogen-bond acceptors (Lipinski definition) is 3. The predicted molar refractivity (Wildman–Crippen MR) is 51.0 cm³/mol. The maximum absolute atomic E-state index is 11.6. The summed E-state index contributed by atoms with van der Waals surface area (Å²) >= 11 is 0. The van der Waals surface area contributed by atoms with Gasteiger partial charge >= 0.3 is 0 Å². The van der Waals surface area contributed by atoms with Gasteiger partial charge in [-0.2, -0.15) is 0 Å². The number of aromatic nitrogens is 1. The minimum absolute atomic E-state index is 0.0967. The van der Waals surface area contributed by atoms with Crippen molar-refractivity contribution in [2.45, 2.75) is 11.8 Å². The lowest BCUT2D eigenvalue weighted by atomic mass is 10.2. The van der Waals surface area contributed by atoms with E-state index in [1.165, 1.54) is 24.5 Å². The summed E-state index contributed by atoms with van der Waals surface area (Å²) in [6.07, 6.45) is 2.85. The van der Waals surface area contributed by atoms with Crippen molar-refractivity contribution in [3.8, 4) is 0 Å². The molecular weight excluding hydrogens is 202 g/mol. The van der Waals surface area contributed by atoms with Crippen molar-refractivity contribution in [3.05, 3.63) is 24.5 Å². The van der Waals surface area contributed by atoms with Crippen molar-refractivity contribution in [1.29, 1.82) is 0 Å². The van der Waals surface area contributed by atoms with Gasteiger partial charge in [0.05, 0.1) is 17.3 Å². The van der Waals surface area contributed by atoms with Crippen molar-refractivity contribution < 1.29 is 13.5 Å². The minimum atomic E-state index is -3.31. The fourth-order valence-corrected chi connectivity index (χ4v) is 2.64. The summed E-state index contributed by atoms with van der Waals surface area (Å²) in [6, 6.07) is 2.87. The van der Waals surface area contributed by atoms with Crippen LogP contribution in [0, 0.1) is 5.92 Å². The van der Waals surface area contributed by atoms with E-state index in [1.807, 2.05) is 0 Å². The lowest BCUT2D eigenvalue weighted by Crippen LogP contribution is -2.16. The molecule has 14 heavy (non-hydrogen) atoms. The van der Waals surface area contributed by atoms with Crippen LogP contribution in [0.1, 0.15) is 6.92 Å². The molecular formula is C9H12NO3S. The van der Waals surface area contributed by atoms with Crippen LogP contribution in [0.15, 0.2) is 29.4 Å². The second-order valence-electron chi connectivity index (χ2n) is 3.24. The van der Waals surface area contributed by atoms with E-state index >= 15 is 0 Å². The molecule has 0 saturated heterocycles. The van der Waals surface area contributed by atoms with Crippen LogP contribution in [0.5, 0.6) is 0 Å². The Bertz CT molecular complexity index is 374. The zero-order chi connectivity index (χ0) is 10.6. The number of pyridine rings is 1. The Kier molecular flexibility index (Phi) is 3.60. The maximum atomic E-state index is 11.6. The molecule has 0 aromatic carbocycles. The average molecular weight is 214 g/mol. The van der Waals surface area contributed by atoms with Crippen molar-refractivity contribution in [3.63, 3.8) is 0 Å². The first-order valence-corrected chi connectivity index (χ1v) is 5.92. The molecule has 1 radical (unpaired) electrons. The zero-order valence-electron chi connectivity index (χ0n) is 7.88. The van der Waals surface area contributed by atoms with Crippen LogP contribution in [0.4, 0.5) is 0 Å². The molecule has 0 fully saturated rings. The molecule has 1 atom stereocenters. The SMILES string of the molecule is CC(C[O])CS(=O)(=O)c1ccncc1. The summed E-state index contributed by atoms with van der Waals surface area (Å²) in [6.45, 7) is 1.26. The van der Waals surface area contributed by atoms with E-state index in [0.717, 1.165) is 0 Å². The van der Waals surface area contributed by atoms with Crippen LogP contribution in [-0.4, -0.2) is 25.8 Å². The summed E-state index contributed by atoms with van der Waals surface area (Å²) in [7, 11) is -3.31. The molecule has 5 heteroatoms. The largest absolute Gasteiger partial charge is 0.265 e. The van der Waals surface area contributed by atoms with Gasteiger partial charge in [-0.15, -0.1) is 0 Å². The number of hydrogen-bond donors (Lipinski definition) is 0. The highest BCUT2D eigenvalue weighted by Gasteiger charge is 2.17. The third kappa shape index (κ3) is 2.78. The van der Waals surface area contributed by atoms with Gasteiger partial charge in [0.2, 0.25) is 0 Å². The van der Waals surface area contributed by atoms with Gasteiger partial charge in [0.1, 0.15) is 0 Å².